The fraction of sp³-hybridized carbons (Fsp3) is 0.100. The standard InChI is InChI=1S/C10H9NOS/c1-7-4-2-3-5-8(7)10-11-6-9(12)13-10/h2-6,12H,1H3. The van der Waals surface area contributed by atoms with E-state index in [1.165, 1.54) is 23.1 Å². The molecule has 0 fully saturated rings. The second kappa shape index (κ2) is 3.18. The summed E-state index contributed by atoms with van der Waals surface area (Å²) in [6.45, 7) is 2.04. The molecule has 2 rings (SSSR count). The number of hydrogen-bond acceptors (Lipinski definition) is 3. The van der Waals surface area contributed by atoms with Gasteiger partial charge in [-0.3, -0.25) is 0 Å². The van der Waals surface area contributed by atoms with Crippen molar-refractivity contribution >= 4 is 11.3 Å². The van der Waals surface area contributed by atoms with E-state index in [1.54, 1.807) is 0 Å². The van der Waals surface area contributed by atoms with E-state index in [4.69, 9.17) is 5.11 Å². The zero-order valence-electron chi connectivity index (χ0n) is 7.19. The third kappa shape index (κ3) is 1.55. The Hall–Kier alpha value is -1.35. The van der Waals surface area contributed by atoms with Crippen molar-refractivity contribution in [2.75, 3.05) is 0 Å². The van der Waals surface area contributed by atoms with E-state index >= 15 is 0 Å². The number of thiazole rings is 1. The molecule has 1 N–H and O–H groups in total. The van der Waals surface area contributed by atoms with Gasteiger partial charge in [0.15, 0.2) is 5.06 Å². The molecule has 0 unspecified atom stereocenters. The highest BCUT2D eigenvalue weighted by Crippen LogP contribution is 2.30. The number of aromatic hydroxyl groups is 1. The van der Waals surface area contributed by atoms with E-state index in [1.807, 2.05) is 31.2 Å². The van der Waals surface area contributed by atoms with Crippen LogP contribution >= 0.6 is 11.3 Å². The number of hydrogen-bond donors (Lipinski definition) is 1. The number of benzene rings is 1. The second-order valence-electron chi connectivity index (χ2n) is 2.82. The predicted molar refractivity (Wildman–Crippen MR) is 54.0 cm³/mol. The van der Waals surface area contributed by atoms with E-state index in [9.17, 15) is 0 Å². The summed E-state index contributed by atoms with van der Waals surface area (Å²) in [4.78, 5) is 4.12. The van der Waals surface area contributed by atoms with Gasteiger partial charge < -0.3 is 5.11 Å². The van der Waals surface area contributed by atoms with Crippen molar-refractivity contribution in [2.24, 2.45) is 0 Å². The molecule has 66 valence electrons. The molecule has 0 spiro atoms. The number of nitrogens with zero attached hydrogens (tertiary/aromatic N) is 1. The number of aromatic nitrogens is 1. The molecule has 1 heterocycles. The van der Waals surface area contributed by atoms with E-state index in [2.05, 4.69) is 4.98 Å². The molecular formula is C10H9NOS. The van der Waals surface area contributed by atoms with Crippen molar-refractivity contribution in [1.29, 1.82) is 0 Å². The third-order valence-electron chi connectivity index (χ3n) is 1.87. The van der Waals surface area contributed by atoms with Gasteiger partial charge in [0.2, 0.25) is 0 Å². The molecule has 0 saturated carbocycles. The van der Waals surface area contributed by atoms with Gasteiger partial charge in [0.05, 0.1) is 6.20 Å². The SMILES string of the molecule is Cc1ccccc1-c1ncc(O)s1. The second-order valence-corrected chi connectivity index (χ2v) is 3.83. The van der Waals surface area contributed by atoms with E-state index in [0.717, 1.165) is 10.6 Å². The Morgan fingerprint density at radius 3 is 2.69 bits per heavy atom. The van der Waals surface area contributed by atoms with Crippen molar-refractivity contribution in [2.45, 2.75) is 6.92 Å². The minimum Gasteiger partial charge on any atom is -0.498 e. The lowest BCUT2D eigenvalue weighted by molar-refractivity contribution is 0.489. The van der Waals surface area contributed by atoms with Crippen molar-refractivity contribution in [3.63, 3.8) is 0 Å². The first-order chi connectivity index (χ1) is 6.27. The van der Waals surface area contributed by atoms with Gasteiger partial charge in [-0.1, -0.05) is 35.6 Å². The summed E-state index contributed by atoms with van der Waals surface area (Å²) in [7, 11) is 0. The summed E-state index contributed by atoms with van der Waals surface area (Å²) in [5, 5.41) is 10.3. The summed E-state index contributed by atoms with van der Waals surface area (Å²) >= 11 is 1.30. The van der Waals surface area contributed by atoms with Gasteiger partial charge in [-0.25, -0.2) is 4.98 Å². The monoisotopic (exact) mass is 191 g/mol. The minimum absolute atomic E-state index is 0.262. The van der Waals surface area contributed by atoms with Crippen LogP contribution in [-0.2, 0) is 0 Å². The van der Waals surface area contributed by atoms with Crippen LogP contribution in [0.15, 0.2) is 30.5 Å². The van der Waals surface area contributed by atoms with Crippen LogP contribution < -0.4 is 0 Å². The molecule has 0 amide bonds. The van der Waals surface area contributed by atoms with Gasteiger partial charge in [-0.05, 0) is 12.5 Å². The highest BCUT2D eigenvalue weighted by molar-refractivity contribution is 7.16. The van der Waals surface area contributed by atoms with E-state index in [-0.39, 0.29) is 5.06 Å². The molecule has 0 aliphatic heterocycles. The molecule has 0 aliphatic carbocycles. The largest absolute Gasteiger partial charge is 0.498 e. The summed E-state index contributed by atoms with van der Waals surface area (Å²) in [6, 6.07) is 8.01. The quantitative estimate of drug-likeness (QED) is 0.751. The molecule has 0 saturated heterocycles. The lowest BCUT2D eigenvalue weighted by Gasteiger charge is -1.99. The Labute approximate surface area is 80.5 Å². The van der Waals surface area contributed by atoms with Crippen molar-refractivity contribution in [3.8, 4) is 15.6 Å². The molecule has 1 aromatic heterocycles. The highest BCUT2D eigenvalue weighted by atomic mass is 32.1. The average molecular weight is 191 g/mol. The normalized spacial score (nSPS) is 10.2. The lowest BCUT2D eigenvalue weighted by atomic mass is 10.1. The molecule has 1 aromatic carbocycles. The highest BCUT2D eigenvalue weighted by Gasteiger charge is 2.05. The first kappa shape index (κ1) is 8.26. The fourth-order valence-corrected chi connectivity index (χ4v) is 1.95. The number of rotatable bonds is 1. The molecule has 0 radical (unpaired) electrons. The maximum atomic E-state index is 9.16. The molecule has 3 heteroatoms. The van der Waals surface area contributed by atoms with Crippen molar-refractivity contribution < 1.29 is 5.11 Å². The molecule has 13 heavy (non-hydrogen) atoms. The molecule has 0 bridgehead atoms. The Morgan fingerprint density at radius 1 is 1.31 bits per heavy atom. The summed E-state index contributed by atoms with van der Waals surface area (Å²) in [5.41, 5.74) is 2.27. The van der Waals surface area contributed by atoms with Gasteiger partial charge in [-0.15, -0.1) is 0 Å². The van der Waals surface area contributed by atoms with Gasteiger partial charge in [0.1, 0.15) is 5.01 Å². The molecule has 2 nitrogen and oxygen atoms in total. The molecular weight excluding hydrogens is 182 g/mol. The average Bonchev–Trinajstić information content (AvgIpc) is 2.53. The molecule has 2 aromatic rings. The van der Waals surface area contributed by atoms with Crippen LogP contribution in [0.4, 0.5) is 0 Å². The Kier molecular flexibility index (Phi) is 2.02. The van der Waals surface area contributed by atoms with Gasteiger partial charge in [0.25, 0.3) is 0 Å². The predicted octanol–water partition coefficient (Wildman–Crippen LogP) is 2.82. The van der Waals surface area contributed by atoms with Crippen LogP contribution in [0.5, 0.6) is 5.06 Å². The van der Waals surface area contributed by atoms with Crippen LogP contribution in [0.25, 0.3) is 10.6 Å². The Bertz CT molecular complexity index is 422. The molecule has 0 aliphatic rings. The summed E-state index contributed by atoms with van der Waals surface area (Å²) in [6.07, 6.45) is 1.48. The van der Waals surface area contributed by atoms with Gasteiger partial charge in [-0.2, -0.15) is 0 Å². The van der Waals surface area contributed by atoms with E-state index in [0.29, 0.717) is 0 Å². The topological polar surface area (TPSA) is 33.1 Å². The summed E-state index contributed by atoms with van der Waals surface area (Å²) in [5.74, 6) is 0. The van der Waals surface area contributed by atoms with Crippen LogP contribution in [0.2, 0.25) is 0 Å². The minimum atomic E-state index is 0.262. The van der Waals surface area contributed by atoms with Crippen molar-refractivity contribution in [3.05, 3.63) is 36.0 Å². The first-order valence-corrected chi connectivity index (χ1v) is 4.80. The summed E-state index contributed by atoms with van der Waals surface area (Å²) < 4.78 is 0. The fourth-order valence-electron chi connectivity index (χ4n) is 1.20. The van der Waals surface area contributed by atoms with Gasteiger partial charge >= 0.3 is 0 Å². The molecule has 0 atom stereocenters. The Morgan fingerprint density at radius 2 is 2.08 bits per heavy atom. The first-order valence-electron chi connectivity index (χ1n) is 3.98. The van der Waals surface area contributed by atoms with Crippen LogP contribution in [0.3, 0.4) is 0 Å². The zero-order valence-corrected chi connectivity index (χ0v) is 8.01. The van der Waals surface area contributed by atoms with Crippen LogP contribution in [0.1, 0.15) is 5.56 Å². The van der Waals surface area contributed by atoms with Crippen molar-refractivity contribution in [1.82, 2.24) is 4.98 Å². The smallest absolute Gasteiger partial charge is 0.192 e. The lowest BCUT2D eigenvalue weighted by Crippen LogP contribution is -1.79. The van der Waals surface area contributed by atoms with Gasteiger partial charge in [0, 0.05) is 5.56 Å². The van der Waals surface area contributed by atoms with Crippen LogP contribution in [0, 0.1) is 6.92 Å². The third-order valence-corrected chi connectivity index (χ3v) is 2.70. The zero-order chi connectivity index (χ0) is 9.26. The maximum Gasteiger partial charge on any atom is 0.192 e. The van der Waals surface area contributed by atoms with E-state index < -0.39 is 0 Å². The van der Waals surface area contributed by atoms with Crippen LogP contribution in [-0.4, -0.2) is 10.1 Å². The number of aryl methyl sites for hydroxylation is 1. The maximum absolute atomic E-state index is 9.16. The Balaban J connectivity index is 2.52.